The van der Waals surface area contributed by atoms with E-state index in [9.17, 15) is 9.18 Å². The SMILES string of the molecule is CN(CC(=O)N1N=C(c2ccccc2F)CC1c1ccc2c(c1)OCO2)C1CCCCC1. The Labute approximate surface area is 187 Å². The van der Waals surface area contributed by atoms with Crippen LogP contribution in [0.1, 0.15) is 55.7 Å². The number of hydrazone groups is 1. The summed E-state index contributed by atoms with van der Waals surface area (Å²) in [6.07, 6.45) is 6.38. The van der Waals surface area contributed by atoms with Crippen molar-refractivity contribution in [1.29, 1.82) is 0 Å². The average Bonchev–Trinajstić information content (AvgIpc) is 3.47. The molecule has 2 aliphatic heterocycles. The Morgan fingerprint density at radius 2 is 1.91 bits per heavy atom. The van der Waals surface area contributed by atoms with Crippen LogP contribution in [0.4, 0.5) is 4.39 Å². The predicted octanol–water partition coefficient (Wildman–Crippen LogP) is 4.50. The van der Waals surface area contributed by atoms with Gasteiger partial charge in [0.05, 0.1) is 18.3 Å². The van der Waals surface area contributed by atoms with Crippen LogP contribution in [-0.4, -0.2) is 48.0 Å². The maximum absolute atomic E-state index is 14.5. The highest BCUT2D eigenvalue weighted by Crippen LogP contribution is 2.39. The fourth-order valence-corrected chi connectivity index (χ4v) is 4.91. The molecule has 1 saturated carbocycles. The highest BCUT2D eigenvalue weighted by molar-refractivity contribution is 6.03. The molecule has 0 spiro atoms. The Bertz CT molecular complexity index is 1030. The van der Waals surface area contributed by atoms with E-state index in [2.05, 4.69) is 10.0 Å². The Hall–Kier alpha value is -2.93. The Morgan fingerprint density at radius 1 is 1.12 bits per heavy atom. The molecule has 0 radical (unpaired) electrons. The first kappa shape index (κ1) is 20.9. The molecule has 0 N–H and O–H groups in total. The summed E-state index contributed by atoms with van der Waals surface area (Å²) in [5, 5.41) is 6.17. The number of rotatable bonds is 5. The van der Waals surface area contributed by atoms with Crippen LogP contribution in [0.25, 0.3) is 0 Å². The van der Waals surface area contributed by atoms with Crippen molar-refractivity contribution < 1.29 is 18.7 Å². The number of benzene rings is 2. The quantitative estimate of drug-likeness (QED) is 0.691. The first-order valence-corrected chi connectivity index (χ1v) is 11.3. The third-order valence-electron chi connectivity index (χ3n) is 6.71. The molecule has 1 amide bonds. The van der Waals surface area contributed by atoms with E-state index in [-0.39, 0.29) is 24.6 Å². The first-order valence-electron chi connectivity index (χ1n) is 11.3. The van der Waals surface area contributed by atoms with E-state index in [1.165, 1.54) is 25.3 Å². The number of hydrogen-bond acceptors (Lipinski definition) is 5. The molecule has 2 heterocycles. The minimum absolute atomic E-state index is 0.0768. The fourth-order valence-electron chi connectivity index (χ4n) is 4.91. The highest BCUT2D eigenvalue weighted by Gasteiger charge is 2.35. The van der Waals surface area contributed by atoms with Crippen molar-refractivity contribution >= 4 is 11.6 Å². The van der Waals surface area contributed by atoms with Crippen molar-refractivity contribution in [2.24, 2.45) is 5.10 Å². The largest absolute Gasteiger partial charge is 0.454 e. The van der Waals surface area contributed by atoms with Gasteiger partial charge >= 0.3 is 0 Å². The molecule has 5 rings (SSSR count). The van der Waals surface area contributed by atoms with E-state index < -0.39 is 0 Å². The van der Waals surface area contributed by atoms with Gasteiger partial charge in [0, 0.05) is 18.0 Å². The second-order valence-corrected chi connectivity index (χ2v) is 8.80. The maximum atomic E-state index is 14.5. The lowest BCUT2D eigenvalue weighted by Gasteiger charge is -2.32. The molecule has 0 aromatic heterocycles. The summed E-state index contributed by atoms with van der Waals surface area (Å²) >= 11 is 0. The minimum Gasteiger partial charge on any atom is -0.454 e. The number of hydrogen-bond donors (Lipinski definition) is 0. The molecule has 32 heavy (non-hydrogen) atoms. The first-order chi connectivity index (χ1) is 15.6. The molecule has 1 aliphatic carbocycles. The molecule has 6 nitrogen and oxygen atoms in total. The number of fused-ring (bicyclic) bond motifs is 1. The third-order valence-corrected chi connectivity index (χ3v) is 6.71. The number of carbonyl (C=O) groups is 1. The number of carbonyl (C=O) groups excluding carboxylic acids is 1. The van der Waals surface area contributed by atoms with Crippen LogP contribution in [-0.2, 0) is 4.79 Å². The second-order valence-electron chi connectivity index (χ2n) is 8.80. The van der Waals surface area contributed by atoms with Crippen molar-refractivity contribution in [1.82, 2.24) is 9.91 Å². The van der Waals surface area contributed by atoms with Gasteiger partial charge in [-0.1, -0.05) is 43.5 Å². The summed E-state index contributed by atoms with van der Waals surface area (Å²) in [6, 6.07) is 12.4. The van der Waals surface area contributed by atoms with E-state index in [1.807, 2.05) is 25.2 Å². The van der Waals surface area contributed by atoms with E-state index >= 15 is 0 Å². The molecule has 2 aromatic rings. The monoisotopic (exact) mass is 437 g/mol. The molecule has 1 fully saturated rings. The topological polar surface area (TPSA) is 54.4 Å². The lowest BCUT2D eigenvalue weighted by Crippen LogP contribution is -2.41. The fraction of sp³-hybridized carbons (Fsp3) is 0.440. The average molecular weight is 438 g/mol. The molecule has 7 heteroatoms. The Morgan fingerprint density at radius 3 is 2.72 bits per heavy atom. The van der Waals surface area contributed by atoms with Gasteiger partial charge in [0.1, 0.15) is 5.82 Å². The van der Waals surface area contributed by atoms with E-state index in [0.29, 0.717) is 41.8 Å². The standard InChI is InChI=1S/C25H28FN3O3/c1-28(18-7-3-2-4-8-18)15-25(30)29-22(17-11-12-23-24(13-17)32-16-31-23)14-21(27-29)19-9-5-6-10-20(19)26/h5-6,9-13,18,22H,2-4,7-8,14-16H2,1H3. The van der Waals surface area contributed by atoms with Crippen LogP contribution in [0.5, 0.6) is 11.5 Å². The second kappa shape index (κ2) is 8.90. The zero-order chi connectivity index (χ0) is 22.1. The predicted molar refractivity (Wildman–Crippen MR) is 119 cm³/mol. The van der Waals surface area contributed by atoms with Gasteiger partial charge in [0.15, 0.2) is 11.5 Å². The summed E-state index contributed by atoms with van der Waals surface area (Å²) < 4.78 is 25.5. The van der Waals surface area contributed by atoms with Gasteiger partial charge < -0.3 is 9.47 Å². The Balaban J connectivity index is 1.42. The minimum atomic E-state index is -0.329. The van der Waals surface area contributed by atoms with Crippen LogP contribution >= 0.6 is 0 Å². The van der Waals surface area contributed by atoms with Crippen LogP contribution in [0, 0.1) is 5.82 Å². The molecule has 1 atom stereocenters. The zero-order valence-corrected chi connectivity index (χ0v) is 18.3. The van der Waals surface area contributed by atoms with Crippen LogP contribution in [0.15, 0.2) is 47.6 Å². The molecule has 3 aliphatic rings. The van der Waals surface area contributed by atoms with E-state index in [0.717, 1.165) is 18.4 Å². The molecule has 1 unspecified atom stereocenters. The normalized spacial score (nSPS) is 20.7. The summed E-state index contributed by atoms with van der Waals surface area (Å²) in [6.45, 7) is 0.481. The van der Waals surface area contributed by atoms with Crippen molar-refractivity contribution in [3.05, 3.63) is 59.4 Å². The van der Waals surface area contributed by atoms with Gasteiger partial charge in [-0.25, -0.2) is 9.40 Å². The molecular formula is C25H28FN3O3. The number of amides is 1. The van der Waals surface area contributed by atoms with Crippen LogP contribution in [0.2, 0.25) is 0 Å². The number of halogens is 1. The van der Waals surface area contributed by atoms with E-state index in [4.69, 9.17) is 9.47 Å². The molecule has 2 aromatic carbocycles. The van der Waals surface area contributed by atoms with Crippen molar-refractivity contribution in [2.75, 3.05) is 20.4 Å². The van der Waals surface area contributed by atoms with Crippen molar-refractivity contribution in [2.45, 2.75) is 50.6 Å². The molecule has 168 valence electrons. The van der Waals surface area contributed by atoms with E-state index in [1.54, 1.807) is 23.2 Å². The van der Waals surface area contributed by atoms with Gasteiger partial charge in [0.2, 0.25) is 6.79 Å². The van der Waals surface area contributed by atoms with Crippen LogP contribution < -0.4 is 9.47 Å². The molecular weight excluding hydrogens is 409 g/mol. The van der Waals surface area contributed by atoms with Crippen molar-refractivity contribution in [3.8, 4) is 11.5 Å². The lowest BCUT2D eigenvalue weighted by atomic mass is 9.94. The Kier molecular flexibility index (Phi) is 5.83. The third kappa shape index (κ3) is 4.09. The number of ether oxygens (including phenoxy) is 2. The number of nitrogens with zero attached hydrogens (tertiary/aromatic N) is 3. The summed E-state index contributed by atoms with van der Waals surface area (Å²) in [5.41, 5.74) is 1.92. The van der Waals surface area contributed by atoms with Gasteiger partial charge in [-0.15, -0.1) is 0 Å². The smallest absolute Gasteiger partial charge is 0.257 e. The molecule has 0 saturated heterocycles. The lowest BCUT2D eigenvalue weighted by molar-refractivity contribution is -0.134. The van der Waals surface area contributed by atoms with Gasteiger partial charge in [0.25, 0.3) is 5.91 Å². The molecule has 0 bridgehead atoms. The summed E-state index contributed by atoms with van der Waals surface area (Å²) in [4.78, 5) is 15.6. The van der Waals surface area contributed by atoms with Crippen LogP contribution in [0.3, 0.4) is 0 Å². The van der Waals surface area contributed by atoms with Crippen molar-refractivity contribution in [3.63, 3.8) is 0 Å². The van der Waals surface area contributed by atoms with Gasteiger partial charge in [-0.05, 0) is 43.7 Å². The highest BCUT2D eigenvalue weighted by atomic mass is 19.1. The maximum Gasteiger partial charge on any atom is 0.257 e. The van der Waals surface area contributed by atoms with Gasteiger partial charge in [-0.3, -0.25) is 9.69 Å². The number of likely N-dealkylation sites (N-methyl/N-ethyl adjacent to an activating group) is 1. The zero-order valence-electron chi connectivity index (χ0n) is 18.3. The summed E-state index contributed by atoms with van der Waals surface area (Å²) in [7, 11) is 2.01. The summed E-state index contributed by atoms with van der Waals surface area (Å²) in [5.74, 6) is 0.946. The van der Waals surface area contributed by atoms with Gasteiger partial charge in [-0.2, -0.15) is 5.10 Å².